The Morgan fingerprint density at radius 3 is 2.35 bits per heavy atom. The molecule has 0 bridgehead atoms. The largest absolute Gasteiger partial charge is 0.464 e. The second-order valence-corrected chi connectivity index (χ2v) is 8.89. The molecule has 1 fully saturated rings. The van der Waals surface area contributed by atoms with Crippen molar-refractivity contribution in [2.45, 2.75) is 44.9 Å². The van der Waals surface area contributed by atoms with Crippen molar-refractivity contribution >= 4 is 24.0 Å². The van der Waals surface area contributed by atoms with Gasteiger partial charge in [0.15, 0.2) is 11.5 Å². The number of aromatic nitrogens is 1. The fourth-order valence-corrected chi connectivity index (χ4v) is 3.22. The van der Waals surface area contributed by atoms with Gasteiger partial charge in [0.1, 0.15) is 5.60 Å². The summed E-state index contributed by atoms with van der Waals surface area (Å²) < 4.78 is 24.2. The number of rotatable bonds is 14. The van der Waals surface area contributed by atoms with E-state index in [1.807, 2.05) is 44.2 Å². The monoisotopic (exact) mass is 564 g/mol. The third-order valence-corrected chi connectivity index (χ3v) is 5.18. The Labute approximate surface area is 234 Å². The number of hydrogen-bond acceptors (Lipinski definition) is 10. The van der Waals surface area contributed by atoms with Gasteiger partial charge in [0.2, 0.25) is 12.3 Å². The number of Topliss-reactive ketones (excluding diaryl/α,β-unsaturated/α-hetero) is 1. The highest BCUT2D eigenvalue weighted by molar-refractivity contribution is 5.97. The zero-order chi connectivity index (χ0) is 30.0. The minimum atomic E-state index is -0.801. The molecule has 2 aromatic rings. The predicted octanol–water partition coefficient (Wildman–Crippen LogP) is 0.919. The molecule has 13 nitrogen and oxygen atoms in total. The van der Waals surface area contributed by atoms with Crippen molar-refractivity contribution in [2.75, 3.05) is 47.7 Å². The minimum absolute atomic E-state index is 0.0789. The van der Waals surface area contributed by atoms with Gasteiger partial charge < -0.3 is 39.4 Å². The van der Waals surface area contributed by atoms with E-state index in [0.717, 1.165) is 5.56 Å². The first-order valence-electron chi connectivity index (χ1n) is 12.6. The zero-order valence-corrected chi connectivity index (χ0v) is 23.9. The molecule has 3 amide bonds. The van der Waals surface area contributed by atoms with Gasteiger partial charge in [-0.1, -0.05) is 35.5 Å². The van der Waals surface area contributed by atoms with E-state index in [2.05, 4.69) is 25.8 Å². The summed E-state index contributed by atoms with van der Waals surface area (Å²) in [5.74, 6) is -0.613. The molecule has 40 heavy (non-hydrogen) atoms. The van der Waals surface area contributed by atoms with Crippen molar-refractivity contribution in [3.05, 3.63) is 47.7 Å². The fourth-order valence-electron chi connectivity index (χ4n) is 3.22. The molecule has 0 saturated carbocycles. The Morgan fingerprint density at radius 2 is 1.80 bits per heavy atom. The summed E-state index contributed by atoms with van der Waals surface area (Å²) in [5.41, 5.74) is 0.348. The smallest absolute Gasteiger partial charge is 0.311 e. The third-order valence-electron chi connectivity index (χ3n) is 5.18. The van der Waals surface area contributed by atoms with E-state index < -0.39 is 17.6 Å². The van der Waals surface area contributed by atoms with Crippen LogP contribution in [0.3, 0.4) is 0 Å². The Balaban J connectivity index is 0.000000376. The highest BCUT2D eigenvalue weighted by Gasteiger charge is 2.49. The van der Waals surface area contributed by atoms with Crippen LogP contribution in [-0.4, -0.2) is 94.5 Å². The molecule has 0 aliphatic carbocycles. The SMILES string of the molecule is CCOc1cc(C(=O)N[C@H](C)COC)no1.COC.C[C@]1(C(=O)[C@H](Cc2ccccc2)NC(=O)CNC=O)CO1. The molecule has 3 atom stereocenters. The summed E-state index contributed by atoms with van der Waals surface area (Å²) in [7, 11) is 4.83. The molecule has 222 valence electrons. The van der Waals surface area contributed by atoms with Crippen LogP contribution in [0.1, 0.15) is 36.8 Å². The van der Waals surface area contributed by atoms with E-state index in [1.54, 1.807) is 28.3 Å². The van der Waals surface area contributed by atoms with E-state index in [1.165, 1.54) is 6.07 Å². The molecule has 1 aromatic heterocycles. The van der Waals surface area contributed by atoms with Gasteiger partial charge in [0.25, 0.3) is 5.91 Å². The molecule has 1 aliphatic rings. The summed E-state index contributed by atoms with van der Waals surface area (Å²) >= 11 is 0. The van der Waals surface area contributed by atoms with E-state index in [9.17, 15) is 19.2 Å². The lowest BCUT2D eigenvalue weighted by atomic mass is 9.95. The summed E-state index contributed by atoms with van der Waals surface area (Å²) in [6, 6.07) is 10.1. The van der Waals surface area contributed by atoms with Gasteiger partial charge in [-0.25, -0.2) is 0 Å². The maximum absolute atomic E-state index is 12.4. The molecule has 3 rings (SSSR count). The van der Waals surface area contributed by atoms with Crippen molar-refractivity contribution in [1.82, 2.24) is 21.1 Å². The molecule has 0 radical (unpaired) electrons. The number of carbonyl (C=O) groups excluding carboxylic acids is 4. The van der Waals surface area contributed by atoms with Gasteiger partial charge in [-0.3, -0.25) is 19.2 Å². The first kappa shape index (κ1) is 34.2. The van der Waals surface area contributed by atoms with Crippen molar-refractivity contribution in [2.24, 2.45) is 0 Å². The topological polar surface area (TPSA) is 171 Å². The van der Waals surface area contributed by atoms with Crippen LogP contribution in [-0.2, 0) is 35.0 Å². The van der Waals surface area contributed by atoms with Crippen LogP contribution in [0.2, 0.25) is 0 Å². The van der Waals surface area contributed by atoms with Gasteiger partial charge in [-0.15, -0.1) is 0 Å². The third kappa shape index (κ3) is 12.8. The van der Waals surface area contributed by atoms with Crippen molar-refractivity contribution in [3.63, 3.8) is 0 Å². The van der Waals surface area contributed by atoms with Crippen LogP contribution >= 0.6 is 0 Å². The number of nitrogens with zero attached hydrogens (tertiary/aromatic N) is 1. The Kier molecular flexibility index (Phi) is 15.8. The predicted molar refractivity (Wildman–Crippen MR) is 145 cm³/mol. The number of ketones is 1. The number of hydrogen-bond donors (Lipinski definition) is 3. The highest BCUT2D eigenvalue weighted by atomic mass is 16.6. The number of benzene rings is 1. The van der Waals surface area contributed by atoms with Crippen LogP contribution in [0.4, 0.5) is 0 Å². The second kappa shape index (κ2) is 18.5. The van der Waals surface area contributed by atoms with E-state index in [-0.39, 0.29) is 35.9 Å². The van der Waals surface area contributed by atoms with Gasteiger partial charge in [0.05, 0.1) is 38.5 Å². The lowest BCUT2D eigenvalue weighted by Gasteiger charge is -2.19. The summed E-state index contributed by atoms with van der Waals surface area (Å²) in [6.45, 7) is 6.51. The maximum Gasteiger partial charge on any atom is 0.311 e. The molecule has 1 saturated heterocycles. The lowest BCUT2D eigenvalue weighted by Crippen LogP contribution is -2.49. The minimum Gasteiger partial charge on any atom is -0.464 e. The summed E-state index contributed by atoms with van der Waals surface area (Å²) in [5, 5.41) is 11.2. The first-order valence-corrected chi connectivity index (χ1v) is 12.6. The van der Waals surface area contributed by atoms with Gasteiger partial charge in [-0.05, 0) is 32.8 Å². The number of carbonyl (C=O) groups is 4. The van der Waals surface area contributed by atoms with Crippen LogP contribution in [0.25, 0.3) is 0 Å². The Morgan fingerprint density at radius 1 is 1.15 bits per heavy atom. The Bertz CT molecular complexity index is 1040. The van der Waals surface area contributed by atoms with Crippen LogP contribution in [0, 0.1) is 0 Å². The molecule has 1 aliphatic heterocycles. The van der Waals surface area contributed by atoms with Crippen molar-refractivity contribution in [1.29, 1.82) is 0 Å². The molecule has 13 heteroatoms. The summed E-state index contributed by atoms with van der Waals surface area (Å²) in [4.78, 5) is 46.0. The van der Waals surface area contributed by atoms with E-state index in [0.29, 0.717) is 32.7 Å². The van der Waals surface area contributed by atoms with Crippen molar-refractivity contribution in [3.8, 4) is 5.95 Å². The van der Waals surface area contributed by atoms with E-state index >= 15 is 0 Å². The molecular formula is C27H40N4O9. The number of ether oxygens (including phenoxy) is 4. The maximum atomic E-state index is 12.4. The van der Waals surface area contributed by atoms with Gasteiger partial charge >= 0.3 is 5.95 Å². The molecule has 3 N–H and O–H groups in total. The van der Waals surface area contributed by atoms with Crippen molar-refractivity contribution < 1.29 is 42.6 Å². The average molecular weight is 565 g/mol. The number of amides is 3. The number of methoxy groups -OCH3 is 2. The molecule has 2 heterocycles. The quantitative estimate of drug-likeness (QED) is 0.221. The van der Waals surface area contributed by atoms with Gasteiger partial charge in [-0.2, -0.15) is 0 Å². The number of epoxide rings is 1. The molecule has 1 aromatic carbocycles. The Hall–Kier alpha value is -3.81. The van der Waals surface area contributed by atoms with Crippen LogP contribution < -0.4 is 20.7 Å². The zero-order valence-electron chi connectivity index (χ0n) is 23.9. The summed E-state index contributed by atoms with van der Waals surface area (Å²) in [6.07, 6.45) is 0.838. The highest BCUT2D eigenvalue weighted by Crippen LogP contribution is 2.29. The van der Waals surface area contributed by atoms with Crippen LogP contribution in [0.5, 0.6) is 5.95 Å². The van der Waals surface area contributed by atoms with E-state index in [4.69, 9.17) is 18.7 Å². The number of nitrogens with one attached hydrogen (secondary N) is 3. The standard InChI is InChI=1S/C15H18N2O4.C10H16N2O4.C2H6O/c1-15(9-21-15)14(20)12(17-13(19)8-16-10-18)7-11-5-3-2-4-6-11;1-4-15-9-5-8(12-16-9)10(13)11-7(2)6-14-3;1-3-2/h2-6,10,12H,7-9H2,1H3,(H,16,18)(H,17,19);5,7H,4,6H2,1-3H3,(H,11,13);1-2H3/t12-,15+;7-;/m01./s1. The first-order chi connectivity index (χ1) is 19.1. The fraction of sp³-hybridized carbons (Fsp3) is 0.519. The second-order valence-electron chi connectivity index (χ2n) is 8.89. The molecule has 0 unspecified atom stereocenters. The average Bonchev–Trinajstić information content (AvgIpc) is 3.50. The lowest BCUT2D eigenvalue weighted by molar-refractivity contribution is -0.130. The normalized spacial score (nSPS) is 16.4. The van der Waals surface area contributed by atoms with Crippen LogP contribution in [0.15, 0.2) is 40.9 Å². The van der Waals surface area contributed by atoms with Gasteiger partial charge in [0, 0.05) is 27.4 Å². The molecular weight excluding hydrogens is 524 g/mol. The molecule has 0 spiro atoms.